The van der Waals surface area contributed by atoms with Crippen molar-refractivity contribution in [3.05, 3.63) is 60.8 Å². The minimum absolute atomic E-state index is 0.0197. The lowest BCUT2D eigenvalue weighted by atomic mass is 10.0. The van der Waals surface area contributed by atoms with E-state index in [0.29, 0.717) is 23.9 Å². The molecule has 9 nitrogen and oxygen atoms in total. The van der Waals surface area contributed by atoms with Gasteiger partial charge in [-0.1, -0.05) is 177 Å². The second kappa shape index (κ2) is 40.1. The van der Waals surface area contributed by atoms with E-state index in [1.807, 2.05) is 33.3 Å². The zero-order valence-corrected chi connectivity index (χ0v) is 38.7. The van der Waals surface area contributed by atoms with E-state index in [1.165, 1.54) is 96.3 Å². The van der Waals surface area contributed by atoms with E-state index in [2.05, 4.69) is 62.5 Å². The Morgan fingerprint density at radius 1 is 0.534 bits per heavy atom. The summed E-state index contributed by atoms with van der Waals surface area (Å²) in [6, 6.07) is 0. The van der Waals surface area contributed by atoms with Gasteiger partial charge in [-0.15, -0.1) is 0 Å². The number of hydrogen-bond acceptors (Lipinski definition) is 7. The summed E-state index contributed by atoms with van der Waals surface area (Å²) in [6.45, 7) is 4.31. The number of unbranched alkanes of at least 4 members (excludes halogenated alkanes) is 17. The van der Waals surface area contributed by atoms with Crippen LogP contribution in [0, 0.1) is 0 Å². The summed E-state index contributed by atoms with van der Waals surface area (Å²) in [5, 5.41) is 0. The number of carbonyl (C=O) groups excluding carboxylic acids is 2. The third kappa shape index (κ3) is 43.3. The van der Waals surface area contributed by atoms with Crippen molar-refractivity contribution in [2.24, 2.45) is 0 Å². The van der Waals surface area contributed by atoms with Gasteiger partial charge < -0.3 is 18.9 Å². The SMILES string of the molecule is CCCCC/C=C\C/C=C\C/C=C\C/C=C\C/C=C\CCC(=O)OC[C@H](COP(=O)(O)OCC[N+](C)(C)C)OC(=O)CCCCCCCCCCCCCCCCC. The van der Waals surface area contributed by atoms with E-state index in [-0.39, 0.29) is 26.1 Å². The molecule has 0 heterocycles. The molecule has 0 radical (unpaired) electrons. The fraction of sp³-hybridized carbons (Fsp3) is 0.750. The topological polar surface area (TPSA) is 108 Å². The fourth-order valence-corrected chi connectivity index (χ4v) is 6.68. The molecule has 58 heavy (non-hydrogen) atoms. The molecule has 0 saturated heterocycles. The van der Waals surface area contributed by atoms with E-state index in [4.69, 9.17) is 18.5 Å². The van der Waals surface area contributed by atoms with Crippen molar-refractivity contribution in [2.75, 3.05) is 47.5 Å². The van der Waals surface area contributed by atoms with Crippen molar-refractivity contribution in [3.63, 3.8) is 0 Å². The van der Waals surface area contributed by atoms with Gasteiger partial charge in [0.05, 0.1) is 27.7 Å². The maximum atomic E-state index is 12.7. The van der Waals surface area contributed by atoms with Crippen molar-refractivity contribution in [1.82, 2.24) is 0 Å². The van der Waals surface area contributed by atoms with Crippen LogP contribution in [0.1, 0.15) is 181 Å². The van der Waals surface area contributed by atoms with Gasteiger partial charge in [0.1, 0.15) is 19.8 Å². The van der Waals surface area contributed by atoms with Crippen LogP contribution < -0.4 is 0 Å². The predicted octanol–water partition coefficient (Wildman–Crippen LogP) is 13.2. The highest BCUT2D eigenvalue weighted by molar-refractivity contribution is 7.47. The largest absolute Gasteiger partial charge is 0.472 e. The number of hydrogen-bond donors (Lipinski definition) is 1. The summed E-state index contributed by atoms with van der Waals surface area (Å²) < 4.78 is 34.2. The highest BCUT2D eigenvalue weighted by Crippen LogP contribution is 2.43. The van der Waals surface area contributed by atoms with Gasteiger partial charge >= 0.3 is 19.8 Å². The molecular formula is C48H87NO8P+. The van der Waals surface area contributed by atoms with Crippen LogP contribution in [0.2, 0.25) is 0 Å². The van der Waals surface area contributed by atoms with Gasteiger partial charge in [-0.2, -0.15) is 0 Å². The van der Waals surface area contributed by atoms with Gasteiger partial charge in [0.2, 0.25) is 0 Å². The Hall–Kier alpha value is -2.29. The molecule has 10 heteroatoms. The van der Waals surface area contributed by atoms with Crippen molar-refractivity contribution in [2.45, 2.75) is 187 Å². The number of esters is 2. The molecule has 0 aromatic heterocycles. The molecule has 0 spiro atoms. The number of carbonyl (C=O) groups is 2. The highest BCUT2D eigenvalue weighted by Gasteiger charge is 2.27. The monoisotopic (exact) mass is 837 g/mol. The fourth-order valence-electron chi connectivity index (χ4n) is 5.94. The van der Waals surface area contributed by atoms with Crippen LogP contribution >= 0.6 is 7.82 Å². The molecule has 0 fully saturated rings. The Morgan fingerprint density at radius 3 is 1.45 bits per heavy atom. The standard InChI is InChI=1S/C48H86NO8P/c1-6-8-10-12-14-16-18-20-22-23-24-25-27-28-30-32-34-36-38-40-47(50)54-44-46(45-56-58(52,53)55-43-42-49(3,4)5)57-48(51)41-39-37-35-33-31-29-26-21-19-17-15-13-11-9-7-2/h14,16,20,22,24-25,28,30,34,36,46H,6-13,15,17-19,21,23,26-27,29,31-33,35,37-45H2,1-5H3/p+1/b16-14-,22-20-,25-24-,30-28-,36-34-/t46-/m1/s1. The first kappa shape index (κ1) is 55.7. The van der Waals surface area contributed by atoms with E-state index in [9.17, 15) is 19.0 Å². The molecule has 0 rings (SSSR count). The second-order valence-corrected chi connectivity index (χ2v) is 17.9. The second-order valence-electron chi connectivity index (χ2n) is 16.4. The highest BCUT2D eigenvalue weighted by atomic mass is 31.2. The van der Waals surface area contributed by atoms with Crippen molar-refractivity contribution in [3.8, 4) is 0 Å². The van der Waals surface area contributed by atoms with Crippen molar-refractivity contribution < 1.29 is 42.1 Å². The summed E-state index contributed by atoms with van der Waals surface area (Å²) in [7, 11) is 1.44. The Kier molecular flexibility index (Phi) is 38.5. The maximum Gasteiger partial charge on any atom is 0.472 e. The van der Waals surface area contributed by atoms with E-state index >= 15 is 0 Å². The van der Waals surface area contributed by atoms with Crippen LogP contribution in [0.25, 0.3) is 0 Å². The Balaban J connectivity index is 4.45. The third-order valence-corrected chi connectivity index (χ3v) is 10.5. The zero-order chi connectivity index (χ0) is 42.8. The minimum atomic E-state index is -4.39. The molecule has 0 aliphatic carbocycles. The van der Waals surface area contributed by atoms with Gasteiger partial charge in [-0.3, -0.25) is 18.6 Å². The number of phosphoric ester groups is 1. The zero-order valence-electron chi connectivity index (χ0n) is 37.8. The van der Waals surface area contributed by atoms with Crippen LogP contribution in [-0.4, -0.2) is 74.9 Å². The minimum Gasteiger partial charge on any atom is -0.462 e. The van der Waals surface area contributed by atoms with Crippen molar-refractivity contribution >= 4 is 19.8 Å². The molecule has 1 N–H and O–H groups in total. The molecule has 0 aliphatic heterocycles. The number of ether oxygens (including phenoxy) is 2. The number of nitrogens with zero attached hydrogens (tertiary/aromatic N) is 1. The first-order valence-corrected chi connectivity index (χ1v) is 24.5. The Labute approximate surface area is 356 Å². The molecule has 0 amide bonds. The van der Waals surface area contributed by atoms with Crippen molar-refractivity contribution in [1.29, 1.82) is 0 Å². The first-order chi connectivity index (χ1) is 28.0. The number of phosphoric acid groups is 1. The third-order valence-electron chi connectivity index (χ3n) is 9.56. The molecule has 2 atom stereocenters. The molecule has 1 unspecified atom stereocenters. The summed E-state index contributed by atoms with van der Waals surface area (Å²) in [4.78, 5) is 35.4. The molecule has 336 valence electrons. The number of rotatable bonds is 41. The number of quaternary nitrogens is 1. The van der Waals surface area contributed by atoms with Crippen LogP contribution in [0.3, 0.4) is 0 Å². The van der Waals surface area contributed by atoms with Gasteiger partial charge in [-0.05, 0) is 51.4 Å². The number of likely N-dealkylation sites (N-methyl/N-ethyl adjacent to an activating group) is 1. The smallest absolute Gasteiger partial charge is 0.462 e. The van der Waals surface area contributed by atoms with Gasteiger partial charge in [0.25, 0.3) is 0 Å². The van der Waals surface area contributed by atoms with E-state index in [0.717, 1.165) is 44.9 Å². The van der Waals surface area contributed by atoms with Crippen LogP contribution in [-0.2, 0) is 32.7 Å². The quantitative estimate of drug-likeness (QED) is 0.0213. The lowest BCUT2D eigenvalue weighted by molar-refractivity contribution is -0.870. The van der Waals surface area contributed by atoms with E-state index < -0.39 is 32.5 Å². The molecule has 0 aliphatic rings. The van der Waals surface area contributed by atoms with Gasteiger partial charge in [0, 0.05) is 12.8 Å². The lowest BCUT2D eigenvalue weighted by Crippen LogP contribution is -2.37. The normalized spacial score (nSPS) is 14.1. The van der Waals surface area contributed by atoms with Gasteiger partial charge in [-0.25, -0.2) is 4.57 Å². The molecule has 0 bridgehead atoms. The Morgan fingerprint density at radius 2 is 0.966 bits per heavy atom. The molecule has 0 aromatic rings. The Bertz CT molecular complexity index is 1170. The summed E-state index contributed by atoms with van der Waals surface area (Å²) >= 11 is 0. The average molecular weight is 837 g/mol. The van der Waals surface area contributed by atoms with E-state index in [1.54, 1.807) is 0 Å². The van der Waals surface area contributed by atoms with Gasteiger partial charge in [0.15, 0.2) is 6.10 Å². The molecule has 0 aromatic carbocycles. The van der Waals surface area contributed by atoms with Crippen LogP contribution in [0.15, 0.2) is 60.8 Å². The first-order valence-electron chi connectivity index (χ1n) is 23.0. The molecule has 0 saturated carbocycles. The summed E-state index contributed by atoms with van der Waals surface area (Å²) in [6.07, 6.45) is 48.5. The van der Waals surface area contributed by atoms with Crippen LogP contribution in [0.5, 0.6) is 0 Å². The molecular weight excluding hydrogens is 750 g/mol. The number of allylic oxidation sites excluding steroid dienone is 10. The average Bonchev–Trinajstić information content (AvgIpc) is 3.17. The lowest BCUT2D eigenvalue weighted by Gasteiger charge is -2.24. The predicted molar refractivity (Wildman–Crippen MR) is 243 cm³/mol. The summed E-state index contributed by atoms with van der Waals surface area (Å²) in [5.74, 6) is -0.893. The maximum absolute atomic E-state index is 12.7. The summed E-state index contributed by atoms with van der Waals surface area (Å²) in [5.41, 5.74) is 0. The van der Waals surface area contributed by atoms with Crippen LogP contribution in [0.4, 0.5) is 0 Å².